The molecule has 0 atom stereocenters. The highest BCUT2D eigenvalue weighted by molar-refractivity contribution is 8.00. The molecule has 0 aliphatic rings. The number of nitrogen functional groups attached to an aromatic ring is 1. The van der Waals surface area contributed by atoms with Crippen molar-refractivity contribution in [3.8, 4) is 12.1 Å². The maximum absolute atomic E-state index is 12.3. The monoisotopic (exact) mass is 414 g/mol. The van der Waals surface area contributed by atoms with Gasteiger partial charge in [-0.3, -0.25) is 9.59 Å². The summed E-state index contributed by atoms with van der Waals surface area (Å²) in [7, 11) is 1.49. The summed E-state index contributed by atoms with van der Waals surface area (Å²) >= 11 is 6.99. The predicted octanol–water partition coefficient (Wildman–Crippen LogP) is 2.25. The maximum Gasteiger partial charge on any atom is 0.244 e. The highest BCUT2D eigenvalue weighted by Crippen LogP contribution is 2.24. The summed E-state index contributed by atoms with van der Waals surface area (Å²) in [5, 5.41) is 21.4. The lowest BCUT2D eigenvalue weighted by Gasteiger charge is -2.17. The summed E-state index contributed by atoms with van der Waals surface area (Å²) in [4.78, 5) is 29.6. The van der Waals surface area contributed by atoms with E-state index in [-0.39, 0.29) is 40.2 Å². The van der Waals surface area contributed by atoms with Crippen LogP contribution in [0.5, 0.6) is 0 Å². The number of likely N-dealkylation sites (N-methyl/N-ethyl adjacent to an activating group) is 1. The van der Waals surface area contributed by atoms with Crippen molar-refractivity contribution in [2.75, 3.05) is 30.4 Å². The Morgan fingerprint density at radius 2 is 1.96 bits per heavy atom. The summed E-state index contributed by atoms with van der Waals surface area (Å²) < 4.78 is 0. The molecule has 10 heteroatoms. The molecular formula is C18H15ClN6O2S. The molecule has 2 aromatic rings. The topological polar surface area (TPSA) is 136 Å². The van der Waals surface area contributed by atoms with Crippen LogP contribution in [-0.4, -0.2) is 41.0 Å². The average molecular weight is 415 g/mol. The number of hydrogen-bond acceptors (Lipinski definition) is 7. The number of hydrogen-bond donors (Lipinski definition) is 2. The molecule has 28 heavy (non-hydrogen) atoms. The van der Waals surface area contributed by atoms with Gasteiger partial charge in [0.25, 0.3) is 0 Å². The Kier molecular flexibility index (Phi) is 7.21. The third-order valence-corrected chi connectivity index (χ3v) is 4.85. The zero-order valence-corrected chi connectivity index (χ0v) is 16.3. The van der Waals surface area contributed by atoms with Gasteiger partial charge in [-0.15, -0.1) is 0 Å². The Balaban J connectivity index is 1.95. The Morgan fingerprint density at radius 3 is 2.61 bits per heavy atom. The number of para-hydroxylation sites is 1. The first-order valence-corrected chi connectivity index (χ1v) is 9.24. The fourth-order valence-electron chi connectivity index (χ4n) is 2.09. The van der Waals surface area contributed by atoms with Crippen LogP contribution in [0.2, 0.25) is 5.02 Å². The van der Waals surface area contributed by atoms with Crippen molar-refractivity contribution in [1.82, 2.24) is 9.88 Å². The van der Waals surface area contributed by atoms with E-state index in [0.29, 0.717) is 10.7 Å². The van der Waals surface area contributed by atoms with Crippen molar-refractivity contribution < 1.29 is 9.59 Å². The number of nitrogens with zero attached hydrogens (tertiary/aromatic N) is 4. The SMILES string of the molecule is CN(CC(=O)Nc1ccccc1Cl)C(=O)CSc1nc(N)c(C#N)cc1C#N. The van der Waals surface area contributed by atoms with Crippen molar-refractivity contribution in [2.45, 2.75) is 5.03 Å². The molecule has 3 N–H and O–H groups in total. The first kappa shape index (κ1) is 21.0. The third kappa shape index (κ3) is 5.36. The van der Waals surface area contributed by atoms with E-state index in [2.05, 4.69) is 10.3 Å². The molecular weight excluding hydrogens is 400 g/mol. The third-order valence-electron chi connectivity index (χ3n) is 3.54. The number of benzene rings is 1. The van der Waals surface area contributed by atoms with Gasteiger partial charge in [0.2, 0.25) is 11.8 Å². The molecule has 2 amide bonds. The lowest BCUT2D eigenvalue weighted by Crippen LogP contribution is -2.36. The number of nitriles is 2. The lowest BCUT2D eigenvalue weighted by atomic mass is 10.2. The number of pyridine rings is 1. The minimum absolute atomic E-state index is 0.0103. The number of carbonyl (C=O) groups is 2. The molecule has 0 saturated carbocycles. The molecule has 0 fully saturated rings. The fraction of sp³-hybridized carbons (Fsp3) is 0.167. The van der Waals surface area contributed by atoms with E-state index < -0.39 is 5.91 Å². The smallest absolute Gasteiger partial charge is 0.244 e. The number of nitrogens with two attached hydrogens (primary N) is 1. The number of carbonyl (C=O) groups excluding carboxylic acids is 2. The number of amides is 2. The van der Waals surface area contributed by atoms with Gasteiger partial charge in [-0.25, -0.2) is 4.98 Å². The molecule has 8 nitrogen and oxygen atoms in total. The van der Waals surface area contributed by atoms with Crippen molar-refractivity contribution >= 4 is 46.7 Å². The van der Waals surface area contributed by atoms with Crippen LogP contribution in [0.25, 0.3) is 0 Å². The molecule has 0 aliphatic heterocycles. The van der Waals surface area contributed by atoms with E-state index in [1.54, 1.807) is 24.3 Å². The molecule has 1 aromatic carbocycles. The second kappa shape index (κ2) is 9.60. The van der Waals surface area contributed by atoms with Crippen LogP contribution in [0.15, 0.2) is 35.4 Å². The number of nitrogens with one attached hydrogen (secondary N) is 1. The number of anilines is 2. The van der Waals surface area contributed by atoms with Crippen molar-refractivity contribution in [3.05, 3.63) is 46.5 Å². The molecule has 0 spiro atoms. The van der Waals surface area contributed by atoms with Gasteiger partial charge in [-0.1, -0.05) is 35.5 Å². The van der Waals surface area contributed by atoms with Crippen LogP contribution in [-0.2, 0) is 9.59 Å². The minimum Gasteiger partial charge on any atom is -0.383 e. The molecule has 0 saturated heterocycles. The van der Waals surface area contributed by atoms with Gasteiger partial charge in [-0.05, 0) is 18.2 Å². The van der Waals surface area contributed by atoms with Crippen LogP contribution >= 0.6 is 23.4 Å². The Hall–Kier alpha value is -3.27. The first-order chi connectivity index (χ1) is 13.3. The van der Waals surface area contributed by atoms with Crippen LogP contribution in [0.1, 0.15) is 11.1 Å². The molecule has 1 aromatic heterocycles. The fourth-order valence-corrected chi connectivity index (χ4v) is 3.17. The van der Waals surface area contributed by atoms with Crippen LogP contribution in [0, 0.1) is 22.7 Å². The zero-order chi connectivity index (χ0) is 20.7. The zero-order valence-electron chi connectivity index (χ0n) is 14.8. The van der Waals surface area contributed by atoms with Crippen molar-refractivity contribution in [3.63, 3.8) is 0 Å². The number of halogens is 1. The van der Waals surface area contributed by atoms with E-state index in [1.165, 1.54) is 18.0 Å². The van der Waals surface area contributed by atoms with Gasteiger partial charge < -0.3 is 16.0 Å². The van der Waals surface area contributed by atoms with E-state index in [0.717, 1.165) is 11.8 Å². The second-order valence-corrected chi connectivity index (χ2v) is 6.94. The summed E-state index contributed by atoms with van der Waals surface area (Å²) in [5.41, 5.74) is 6.37. The molecule has 0 radical (unpaired) electrons. The summed E-state index contributed by atoms with van der Waals surface area (Å²) in [6.07, 6.45) is 0. The van der Waals surface area contributed by atoms with Crippen LogP contribution < -0.4 is 11.1 Å². The van der Waals surface area contributed by atoms with Crippen LogP contribution in [0.4, 0.5) is 11.5 Å². The molecule has 0 unspecified atom stereocenters. The molecule has 0 bridgehead atoms. The quantitative estimate of drug-likeness (QED) is 0.691. The van der Waals surface area contributed by atoms with Crippen molar-refractivity contribution in [2.24, 2.45) is 0 Å². The van der Waals surface area contributed by atoms with Gasteiger partial charge in [-0.2, -0.15) is 10.5 Å². The number of aromatic nitrogens is 1. The Bertz CT molecular complexity index is 999. The molecule has 142 valence electrons. The molecule has 1 heterocycles. The number of rotatable bonds is 6. The largest absolute Gasteiger partial charge is 0.383 e. The van der Waals surface area contributed by atoms with Crippen molar-refractivity contribution in [1.29, 1.82) is 10.5 Å². The number of thioether (sulfide) groups is 1. The standard InChI is InChI=1S/C18H15ClN6O2S/c1-25(9-15(26)23-14-5-3-2-4-13(14)19)16(27)10-28-18-12(8-21)6-11(7-20)17(22)24-18/h2-6H,9-10H2,1H3,(H2,22,24)(H,23,26). The Labute approximate surface area is 170 Å². The molecule has 0 aliphatic carbocycles. The van der Waals surface area contributed by atoms with Gasteiger partial charge in [0.15, 0.2) is 0 Å². The summed E-state index contributed by atoms with van der Waals surface area (Å²) in [6, 6.07) is 11.9. The highest BCUT2D eigenvalue weighted by atomic mass is 35.5. The predicted molar refractivity (Wildman–Crippen MR) is 107 cm³/mol. The van der Waals surface area contributed by atoms with Gasteiger partial charge >= 0.3 is 0 Å². The summed E-state index contributed by atoms with van der Waals surface area (Å²) in [6.45, 7) is -0.168. The van der Waals surface area contributed by atoms with E-state index in [9.17, 15) is 14.9 Å². The highest BCUT2D eigenvalue weighted by Gasteiger charge is 2.17. The maximum atomic E-state index is 12.3. The Morgan fingerprint density at radius 1 is 1.29 bits per heavy atom. The first-order valence-electron chi connectivity index (χ1n) is 7.87. The van der Waals surface area contributed by atoms with Gasteiger partial charge in [0.1, 0.15) is 23.0 Å². The van der Waals surface area contributed by atoms with E-state index in [1.807, 2.05) is 12.1 Å². The summed E-state index contributed by atoms with van der Waals surface area (Å²) in [5.74, 6) is -0.799. The average Bonchev–Trinajstić information content (AvgIpc) is 2.67. The van der Waals surface area contributed by atoms with E-state index in [4.69, 9.17) is 22.6 Å². The van der Waals surface area contributed by atoms with Crippen LogP contribution in [0.3, 0.4) is 0 Å². The van der Waals surface area contributed by atoms with Gasteiger partial charge in [0, 0.05) is 7.05 Å². The van der Waals surface area contributed by atoms with Gasteiger partial charge in [0.05, 0.1) is 34.1 Å². The second-order valence-electron chi connectivity index (χ2n) is 5.56. The normalized spacial score (nSPS) is 9.86. The lowest BCUT2D eigenvalue weighted by molar-refractivity contribution is -0.131. The molecule has 2 rings (SSSR count). The van der Waals surface area contributed by atoms with E-state index >= 15 is 0 Å². The minimum atomic E-state index is -0.396.